The van der Waals surface area contributed by atoms with Crippen molar-refractivity contribution in [1.29, 1.82) is 0 Å². The van der Waals surface area contributed by atoms with Gasteiger partial charge in [0.25, 0.3) is 0 Å². The number of benzene rings is 1. The van der Waals surface area contributed by atoms with Crippen LogP contribution in [-0.4, -0.2) is 24.8 Å². The molecule has 2 heteroatoms. The van der Waals surface area contributed by atoms with Crippen molar-refractivity contribution in [3.63, 3.8) is 0 Å². The van der Waals surface area contributed by atoms with E-state index in [0.717, 1.165) is 13.1 Å². The number of rotatable bonds is 3. The fourth-order valence-corrected chi connectivity index (χ4v) is 3.00. The van der Waals surface area contributed by atoms with Crippen LogP contribution in [0.15, 0.2) is 24.3 Å². The number of nitrogens with one attached hydrogen (secondary N) is 1. The Labute approximate surface area is 117 Å². The highest BCUT2D eigenvalue weighted by atomic mass is 16.3. The molecular weight excluding hydrogens is 234 g/mol. The minimum absolute atomic E-state index is 0.196. The first kappa shape index (κ1) is 14.5. The second kappa shape index (κ2) is 6.06. The molecule has 1 unspecified atom stereocenters. The Kier molecular flexibility index (Phi) is 4.64. The molecule has 2 N–H and O–H groups in total. The normalized spacial score (nSPS) is 19.4. The van der Waals surface area contributed by atoms with Gasteiger partial charge in [0.2, 0.25) is 0 Å². The lowest BCUT2D eigenvalue weighted by atomic mass is 9.79. The Balaban J connectivity index is 2.14. The van der Waals surface area contributed by atoms with Crippen LogP contribution < -0.4 is 5.32 Å². The third-order valence-electron chi connectivity index (χ3n) is 4.35. The van der Waals surface area contributed by atoms with Crippen LogP contribution in [0.5, 0.6) is 0 Å². The van der Waals surface area contributed by atoms with Gasteiger partial charge in [0.1, 0.15) is 0 Å². The van der Waals surface area contributed by atoms with Crippen molar-refractivity contribution in [1.82, 2.24) is 5.32 Å². The van der Waals surface area contributed by atoms with E-state index in [-0.39, 0.29) is 12.0 Å². The second-order valence-corrected chi connectivity index (χ2v) is 6.75. The number of hydrogen-bond donors (Lipinski definition) is 2. The van der Waals surface area contributed by atoms with Crippen LogP contribution in [0.4, 0.5) is 0 Å². The summed E-state index contributed by atoms with van der Waals surface area (Å²) >= 11 is 0. The molecule has 1 aliphatic heterocycles. The predicted octanol–water partition coefficient (Wildman–Crippen LogP) is 3.06. The zero-order valence-corrected chi connectivity index (χ0v) is 12.4. The highest BCUT2D eigenvalue weighted by Gasteiger charge is 2.24. The van der Waals surface area contributed by atoms with Crippen molar-refractivity contribution >= 4 is 0 Å². The monoisotopic (exact) mass is 261 g/mol. The van der Waals surface area contributed by atoms with Crippen molar-refractivity contribution in [3.05, 3.63) is 35.4 Å². The van der Waals surface area contributed by atoms with Gasteiger partial charge in [-0.25, -0.2) is 0 Å². The Morgan fingerprint density at radius 2 is 1.74 bits per heavy atom. The maximum absolute atomic E-state index is 9.74. The lowest BCUT2D eigenvalue weighted by Crippen LogP contribution is -2.32. The molecule has 1 atom stereocenters. The fourth-order valence-electron chi connectivity index (χ4n) is 3.00. The van der Waals surface area contributed by atoms with Crippen molar-refractivity contribution in [2.75, 3.05) is 19.7 Å². The van der Waals surface area contributed by atoms with Crippen LogP contribution in [0.25, 0.3) is 0 Å². The van der Waals surface area contributed by atoms with E-state index >= 15 is 0 Å². The SMILES string of the molecule is CC(C)(C)c1ccc(C(CO)C2CCNCC2)cc1. The molecule has 1 aliphatic rings. The van der Waals surface area contributed by atoms with Crippen molar-refractivity contribution in [3.8, 4) is 0 Å². The van der Waals surface area contributed by atoms with E-state index in [1.165, 1.54) is 24.0 Å². The standard InChI is InChI=1S/C17H27NO/c1-17(2,3)15-6-4-13(5-7-15)16(12-19)14-8-10-18-11-9-14/h4-7,14,16,18-19H,8-12H2,1-3H3. The summed E-state index contributed by atoms with van der Waals surface area (Å²) in [7, 11) is 0. The minimum Gasteiger partial charge on any atom is -0.396 e. The van der Waals surface area contributed by atoms with E-state index in [2.05, 4.69) is 50.4 Å². The number of piperidine rings is 1. The summed E-state index contributed by atoms with van der Waals surface area (Å²) in [6, 6.07) is 8.87. The van der Waals surface area contributed by atoms with Gasteiger partial charge in [0.15, 0.2) is 0 Å². The molecule has 1 aromatic carbocycles. The van der Waals surface area contributed by atoms with E-state index in [4.69, 9.17) is 0 Å². The zero-order chi connectivity index (χ0) is 13.9. The molecule has 2 rings (SSSR count). The van der Waals surface area contributed by atoms with E-state index in [0.29, 0.717) is 11.8 Å². The highest BCUT2D eigenvalue weighted by Crippen LogP contribution is 2.32. The first-order chi connectivity index (χ1) is 9.02. The summed E-state index contributed by atoms with van der Waals surface area (Å²) < 4.78 is 0. The summed E-state index contributed by atoms with van der Waals surface area (Å²) in [5.74, 6) is 0.919. The Morgan fingerprint density at radius 3 is 2.21 bits per heavy atom. The molecule has 0 aliphatic carbocycles. The summed E-state index contributed by atoms with van der Waals surface area (Å²) in [6.45, 7) is 9.14. The molecule has 1 aromatic rings. The average molecular weight is 261 g/mol. The molecule has 0 aromatic heterocycles. The molecule has 0 saturated carbocycles. The van der Waals surface area contributed by atoms with Crippen LogP contribution >= 0.6 is 0 Å². The maximum Gasteiger partial charge on any atom is 0.0502 e. The molecule has 1 saturated heterocycles. The van der Waals surface area contributed by atoms with Gasteiger partial charge in [-0.15, -0.1) is 0 Å². The smallest absolute Gasteiger partial charge is 0.0502 e. The van der Waals surface area contributed by atoms with Gasteiger partial charge in [-0.05, 0) is 48.4 Å². The third-order valence-corrected chi connectivity index (χ3v) is 4.35. The molecule has 19 heavy (non-hydrogen) atoms. The summed E-state index contributed by atoms with van der Waals surface area (Å²) in [4.78, 5) is 0. The molecule has 1 heterocycles. The molecule has 106 valence electrons. The van der Waals surface area contributed by atoms with E-state index < -0.39 is 0 Å². The van der Waals surface area contributed by atoms with Gasteiger partial charge in [-0.1, -0.05) is 45.0 Å². The largest absolute Gasteiger partial charge is 0.396 e. The van der Waals surface area contributed by atoms with Crippen LogP contribution in [0.3, 0.4) is 0 Å². The molecule has 0 amide bonds. The molecule has 1 fully saturated rings. The van der Waals surface area contributed by atoms with E-state index in [9.17, 15) is 5.11 Å². The molecular formula is C17H27NO. The van der Waals surface area contributed by atoms with Gasteiger partial charge in [0, 0.05) is 5.92 Å². The summed E-state index contributed by atoms with van der Waals surface area (Å²) in [5.41, 5.74) is 2.85. The Bertz CT molecular complexity index is 385. The van der Waals surface area contributed by atoms with E-state index in [1.54, 1.807) is 0 Å². The maximum atomic E-state index is 9.74. The van der Waals surface area contributed by atoms with Crippen LogP contribution in [0, 0.1) is 5.92 Å². The van der Waals surface area contributed by atoms with Crippen molar-refractivity contribution in [2.24, 2.45) is 5.92 Å². The number of hydrogen-bond acceptors (Lipinski definition) is 2. The number of aliphatic hydroxyl groups excluding tert-OH is 1. The van der Waals surface area contributed by atoms with Crippen molar-refractivity contribution in [2.45, 2.75) is 44.9 Å². The van der Waals surface area contributed by atoms with Crippen molar-refractivity contribution < 1.29 is 5.11 Å². The van der Waals surface area contributed by atoms with E-state index in [1.807, 2.05) is 0 Å². The summed E-state index contributed by atoms with van der Waals surface area (Å²) in [5, 5.41) is 13.1. The van der Waals surface area contributed by atoms with Gasteiger partial charge in [0.05, 0.1) is 6.61 Å². The summed E-state index contributed by atoms with van der Waals surface area (Å²) in [6.07, 6.45) is 2.35. The lowest BCUT2D eigenvalue weighted by Gasteiger charge is -2.30. The van der Waals surface area contributed by atoms with Crippen LogP contribution in [0.2, 0.25) is 0 Å². The number of aliphatic hydroxyl groups is 1. The average Bonchev–Trinajstić information content (AvgIpc) is 2.40. The molecule has 0 radical (unpaired) electrons. The lowest BCUT2D eigenvalue weighted by molar-refractivity contribution is 0.201. The van der Waals surface area contributed by atoms with Crippen LogP contribution in [-0.2, 0) is 5.41 Å². The fraction of sp³-hybridized carbons (Fsp3) is 0.647. The first-order valence-electron chi connectivity index (χ1n) is 7.44. The second-order valence-electron chi connectivity index (χ2n) is 6.75. The third kappa shape index (κ3) is 3.58. The Hall–Kier alpha value is -0.860. The first-order valence-corrected chi connectivity index (χ1v) is 7.44. The quantitative estimate of drug-likeness (QED) is 0.876. The van der Waals surface area contributed by atoms with Gasteiger partial charge in [-0.3, -0.25) is 0 Å². The highest BCUT2D eigenvalue weighted by molar-refractivity contribution is 5.30. The molecule has 0 spiro atoms. The van der Waals surface area contributed by atoms with Gasteiger partial charge in [-0.2, -0.15) is 0 Å². The Morgan fingerprint density at radius 1 is 1.16 bits per heavy atom. The molecule has 2 nitrogen and oxygen atoms in total. The van der Waals surface area contributed by atoms with Crippen LogP contribution in [0.1, 0.15) is 50.7 Å². The zero-order valence-electron chi connectivity index (χ0n) is 12.4. The predicted molar refractivity (Wildman–Crippen MR) is 80.6 cm³/mol. The van der Waals surface area contributed by atoms with Gasteiger partial charge >= 0.3 is 0 Å². The topological polar surface area (TPSA) is 32.3 Å². The minimum atomic E-state index is 0.196. The van der Waals surface area contributed by atoms with Gasteiger partial charge < -0.3 is 10.4 Å². The molecule has 0 bridgehead atoms.